The van der Waals surface area contributed by atoms with E-state index in [0.717, 1.165) is 10.9 Å². The summed E-state index contributed by atoms with van der Waals surface area (Å²) < 4.78 is 18.6. The van der Waals surface area contributed by atoms with Gasteiger partial charge in [0.05, 0.1) is 15.9 Å². The van der Waals surface area contributed by atoms with Crippen molar-refractivity contribution in [1.29, 1.82) is 0 Å². The minimum Gasteiger partial charge on any atom is -0.485 e. The molecule has 0 saturated heterocycles. The van der Waals surface area contributed by atoms with Crippen LogP contribution in [0.3, 0.4) is 0 Å². The molecular formula is C10H8FN3O3S. The fraction of sp³-hybridized carbons (Fsp3) is 0.100. The maximum absolute atomic E-state index is 13.5. The number of thiazole rings is 1. The number of aromatic nitrogens is 1. The molecule has 0 spiro atoms. The van der Waals surface area contributed by atoms with Gasteiger partial charge in [-0.15, -0.1) is 0 Å². The van der Waals surface area contributed by atoms with E-state index in [2.05, 4.69) is 4.98 Å². The molecule has 2 aromatic rings. The number of hydrogen-bond donors (Lipinski definition) is 1. The molecule has 0 aliphatic heterocycles. The first-order valence-corrected chi connectivity index (χ1v) is 5.65. The van der Waals surface area contributed by atoms with Gasteiger partial charge in [-0.05, 0) is 6.07 Å². The standard InChI is InChI=1S/C10H8FN3O3S/c11-8-3-6(14(15)16)1-2-9(8)17-5-7-4-13-10(12)18-7/h1-4H,5H2,(H2,12,13). The summed E-state index contributed by atoms with van der Waals surface area (Å²) in [4.78, 5) is 14.3. The van der Waals surface area contributed by atoms with E-state index in [1.807, 2.05) is 0 Å². The van der Waals surface area contributed by atoms with Crippen LogP contribution in [0.15, 0.2) is 24.4 Å². The average molecular weight is 269 g/mol. The number of nitrogens with zero attached hydrogens (tertiary/aromatic N) is 2. The molecule has 18 heavy (non-hydrogen) atoms. The number of nitro groups is 1. The van der Waals surface area contributed by atoms with Gasteiger partial charge >= 0.3 is 0 Å². The first-order chi connectivity index (χ1) is 8.56. The van der Waals surface area contributed by atoms with Gasteiger partial charge in [0.2, 0.25) is 0 Å². The summed E-state index contributed by atoms with van der Waals surface area (Å²) in [5.41, 5.74) is 5.12. The number of ether oxygens (including phenoxy) is 1. The van der Waals surface area contributed by atoms with E-state index in [0.29, 0.717) is 5.13 Å². The van der Waals surface area contributed by atoms with Crippen LogP contribution in [0, 0.1) is 15.9 Å². The Morgan fingerprint density at radius 3 is 2.89 bits per heavy atom. The summed E-state index contributed by atoms with van der Waals surface area (Å²) in [5, 5.41) is 10.8. The van der Waals surface area contributed by atoms with E-state index < -0.39 is 10.7 Å². The van der Waals surface area contributed by atoms with E-state index in [1.165, 1.54) is 29.7 Å². The summed E-state index contributed by atoms with van der Waals surface area (Å²) in [6.07, 6.45) is 1.53. The van der Waals surface area contributed by atoms with Gasteiger partial charge in [0.25, 0.3) is 5.69 Å². The molecular weight excluding hydrogens is 261 g/mol. The molecule has 0 amide bonds. The smallest absolute Gasteiger partial charge is 0.272 e. The van der Waals surface area contributed by atoms with Gasteiger partial charge in [0, 0.05) is 12.3 Å². The highest BCUT2D eigenvalue weighted by atomic mass is 32.1. The highest BCUT2D eigenvalue weighted by Gasteiger charge is 2.12. The Bertz CT molecular complexity index is 587. The van der Waals surface area contributed by atoms with Crippen LogP contribution in [-0.4, -0.2) is 9.91 Å². The molecule has 6 nitrogen and oxygen atoms in total. The Morgan fingerprint density at radius 1 is 1.56 bits per heavy atom. The Hall–Kier alpha value is -2.22. The molecule has 94 valence electrons. The Labute approximate surface area is 105 Å². The lowest BCUT2D eigenvalue weighted by Crippen LogP contribution is -1.97. The largest absolute Gasteiger partial charge is 0.485 e. The Balaban J connectivity index is 2.08. The third-order valence-electron chi connectivity index (χ3n) is 2.07. The maximum atomic E-state index is 13.5. The SMILES string of the molecule is Nc1ncc(COc2ccc([N+](=O)[O-])cc2F)s1. The minimum atomic E-state index is -0.776. The second kappa shape index (κ2) is 4.96. The Kier molecular flexibility index (Phi) is 3.38. The van der Waals surface area contributed by atoms with Crippen LogP contribution in [0.1, 0.15) is 4.88 Å². The fourth-order valence-electron chi connectivity index (χ4n) is 1.26. The van der Waals surface area contributed by atoms with Crippen molar-refractivity contribution in [3.63, 3.8) is 0 Å². The molecule has 0 fully saturated rings. The van der Waals surface area contributed by atoms with Gasteiger partial charge < -0.3 is 10.5 Å². The van der Waals surface area contributed by atoms with Gasteiger partial charge in [-0.2, -0.15) is 0 Å². The molecule has 8 heteroatoms. The van der Waals surface area contributed by atoms with E-state index in [1.54, 1.807) is 0 Å². The summed E-state index contributed by atoms with van der Waals surface area (Å²) in [7, 11) is 0. The quantitative estimate of drug-likeness (QED) is 0.679. The molecule has 1 heterocycles. The third kappa shape index (κ3) is 2.72. The third-order valence-corrected chi connectivity index (χ3v) is 2.87. The van der Waals surface area contributed by atoms with Crippen molar-refractivity contribution in [1.82, 2.24) is 4.98 Å². The van der Waals surface area contributed by atoms with Crippen LogP contribution in [0.5, 0.6) is 5.75 Å². The second-order valence-corrected chi connectivity index (χ2v) is 4.47. The predicted octanol–water partition coefficient (Wildman–Crippen LogP) is 2.35. The van der Waals surface area contributed by atoms with Gasteiger partial charge in [-0.25, -0.2) is 9.37 Å². The normalized spacial score (nSPS) is 10.3. The van der Waals surface area contributed by atoms with E-state index in [-0.39, 0.29) is 18.0 Å². The molecule has 0 saturated carbocycles. The van der Waals surface area contributed by atoms with Gasteiger partial charge in [0.15, 0.2) is 16.7 Å². The van der Waals surface area contributed by atoms with Crippen LogP contribution >= 0.6 is 11.3 Å². The van der Waals surface area contributed by atoms with Crippen molar-refractivity contribution in [2.75, 3.05) is 5.73 Å². The van der Waals surface area contributed by atoms with Gasteiger partial charge in [-0.3, -0.25) is 10.1 Å². The zero-order valence-electron chi connectivity index (χ0n) is 9.00. The number of nitro benzene ring substituents is 1. The molecule has 0 radical (unpaired) electrons. The molecule has 2 N–H and O–H groups in total. The van der Waals surface area contributed by atoms with E-state index >= 15 is 0 Å². The number of nitrogen functional groups attached to an aromatic ring is 1. The number of anilines is 1. The fourth-order valence-corrected chi connectivity index (χ4v) is 1.86. The van der Waals surface area contributed by atoms with Crippen LogP contribution in [0.25, 0.3) is 0 Å². The zero-order chi connectivity index (χ0) is 13.1. The predicted molar refractivity (Wildman–Crippen MR) is 63.9 cm³/mol. The molecule has 1 aromatic heterocycles. The highest BCUT2D eigenvalue weighted by Crippen LogP contribution is 2.24. The zero-order valence-corrected chi connectivity index (χ0v) is 9.82. The number of rotatable bonds is 4. The van der Waals surface area contributed by atoms with Gasteiger partial charge in [0.1, 0.15) is 6.61 Å². The average Bonchev–Trinajstić information content (AvgIpc) is 2.73. The van der Waals surface area contributed by atoms with E-state index in [4.69, 9.17) is 10.5 Å². The van der Waals surface area contributed by atoms with Crippen LogP contribution in [0.4, 0.5) is 15.2 Å². The minimum absolute atomic E-state index is 0.0485. The van der Waals surface area contributed by atoms with Crippen LogP contribution < -0.4 is 10.5 Å². The number of hydrogen-bond acceptors (Lipinski definition) is 6. The van der Waals surface area contributed by atoms with Gasteiger partial charge in [-0.1, -0.05) is 11.3 Å². The second-order valence-electron chi connectivity index (χ2n) is 3.33. The highest BCUT2D eigenvalue weighted by molar-refractivity contribution is 7.15. The van der Waals surface area contributed by atoms with Crippen molar-refractivity contribution in [2.45, 2.75) is 6.61 Å². The van der Waals surface area contributed by atoms with Crippen molar-refractivity contribution < 1.29 is 14.1 Å². The van der Waals surface area contributed by atoms with Crippen molar-refractivity contribution in [3.05, 3.63) is 45.2 Å². The number of benzene rings is 1. The lowest BCUT2D eigenvalue weighted by Gasteiger charge is -2.04. The number of halogens is 1. The maximum Gasteiger partial charge on any atom is 0.272 e. The molecule has 0 bridgehead atoms. The Morgan fingerprint density at radius 2 is 2.33 bits per heavy atom. The molecule has 0 aliphatic rings. The van der Waals surface area contributed by atoms with Crippen molar-refractivity contribution in [2.24, 2.45) is 0 Å². The first-order valence-electron chi connectivity index (χ1n) is 4.83. The summed E-state index contributed by atoms with van der Waals surface area (Å²) in [5.74, 6) is -0.825. The summed E-state index contributed by atoms with van der Waals surface area (Å²) >= 11 is 1.23. The first kappa shape index (κ1) is 12.2. The topological polar surface area (TPSA) is 91.3 Å². The molecule has 0 aliphatic carbocycles. The molecule has 1 aromatic carbocycles. The lowest BCUT2D eigenvalue weighted by atomic mass is 10.3. The summed E-state index contributed by atoms with van der Waals surface area (Å²) in [6.45, 7) is 0.115. The molecule has 0 atom stereocenters. The van der Waals surface area contributed by atoms with Crippen molar-refractivity contribution in [3.8, 4) is 5.75 Å². The van der Waals surface area contributed by atoms with Crippen molar-refractivity contribution >= 4 is 22.2 Å². The van der Waals surface area contributed by atoms with Crippen LogP contribution in [-0.2, 0) is 6.61 Å². The van der Waals surface area contributed by atoms with E-state index in [9.17, 15) is 14.5 Å². The van der Waals surface area contributed by atoms with Crippen LogP contribution in [0.2, 0.25) is 0 Å². The molecule has 0 unspecified atom stereocenters. The molecule has 2 rings (SSSR count). The number of non-ortho nitro benzene ring substituents is 1. The number of nitrogens with two attached hydrogens (primary N) is 1. The lowest BCUT2D eigenvalue weighted by molar-refractivity contribution is -0.385. The summed E-state index contributed by atoms with van der Waals surface area (Å²) in [6, 6.07) is 3.22. The monoisotopic (exact) mass is 269 g/mol.